The minimum absolute atomic E-state index is 0.185. The molecule has 0 saturated carbocycles. The summed E-state index contributed by atoms with van der Waals surface area (Å²) < 4.78 is 0. The molecule has 1 amide bonds. The summed E-state index contributed by atoms with van der Waals surface area (Å²) in [5.74, 6) is 0.683. The van der Waals surface area contributed by atoms with E-state index < -0.39 is 0 Å². The molecule has 1 aliphatic heterocycles. The lowest BCUT2D eigenvalue weighted by Crippen LogP contribution is -2.50. The van der Waals surface area contributed by atoms with E-state index in [1.165, 1.54) is 18.4 Å². The zero-order chi connectivity index (χ0) is 17.5. The zero-order valence-electron chi connectivity index (χ0n) is 15.0. The minimum Gasteiger partial charge on any atom is -0.316 e. The Balaban J connectivity index is 1.95. The number of piperidine rings is 1. The van der Waals surface area contributed by atoms with E-state index in [9.17, 15) is 4.79 Å². The molecule has 1 saturated heterocycles. The SMILES string of the molecule is CCC(=O)N(c1ccccc1)C(Cc1ccccc1)C1CCCNC1. The summed E-state index contributed by atoms with van der Waals surface area (Å²) in [7, 11) is 0. The summed E-state index contributed by atoms with van der Waals surface area (Å²) >= 11 is 0. The summed E-state index contributed by atoms with van der Waals surface area (Å²) in [4.78, 5) is 15.0. The van der Waals surface area contributed by atoms with Crippen molar-refractivity contribution in [3.05, 3.63) is 66.2 Å². The second-order valence-electron chi connectivity index (χ2n) is 6.82. The molecule has 2 atom stereocenters. The fourth-order valence-electron chi connectivity index (χ4n) is 3.81. The van der Waals surface area contributed by atoms with Crippen LogP contribution >= 0.6 is 0 Å². The molecule has 25 heavy (non-hydrogen) atoms. The van der Waals surface area contributed by atoms with Crippen molar-refractivity contribution in [2.24, 2.45) is 5.92 Å². The highest BCUT2D eigenvalue weighted by atomic mass is 16.2. The van der Waals surface area contributed by atoms with E-state index in [-0.39, 0.29) is 11.9 Å². The van der Waals surface area contributed by atoms with E-state index in [4.69, 9.17) is 0 Å². The predicted molar refractivity (Wildman–Crippen MR) is 104 cm³/mol. The van der Waals surface area contributed by atoms with Crippen LogP contribution in [0.5, 0.6) is 0 Å². The Bertz CT molecular complexity index is 650. The molecule has 1 N–H and O–H groups in total. The molecule has 1 fully saturated rings. The van der Waals surface area contributed by atoms with Gasteiger partial charge in [0.1, 0.15) is 0 Å². The second kappa shape index (κ2) is 8.82. The first kappa shape index (κ1) is 17.7. The lowest BCUT2D eigenvalue weighted by atomic mass is 9.86. The minimum atomic E-state index is 0.185. The molecule has 0 bridgehead atoms. The van der Waals surface area contributed by atoms with Crippen molar-refractivity contribution < 1.29 is 4.79 Å². The van der Waals surface area contributed by atoms with Crippen LogP contribution in [0.3, 0.4) is 0 Å². The van der Waals surface area contributed by atoms with Crippen LogP contribution in [0.2, 0.25) is 0 Å². The molecule has 0 radical (unpaired) electrons. The molecular weight excluding hydrogens is 308 g/mol. The average Bonchev–Trinajstić information content (AvgIpc) is 2.69. The maximum Gasteiger partial charge on any atom is 0.226 e. The first-order valence-corrected chi connectivity index (χ1v) is 9.41. The Morgan fingerprint density at radius 3 is 2.40 bits per heavy atom. The highest BCUT2D eigenvalue weighted by molar-refractivity contribution is 5.93. The second-order valence-corrected chi connectivity index (χ2v) is 6.82. The number of anilines is 1. The monoisotopic (exact) mass is 336 g/mol. The molecule has 2 aromatic rings. The van der Waals surface area contributed by atoms with Crippen molar-refractivity contribution in [3.63, 3.8) is 0 Å². The average molecular weight is 336 g/mol. The molecule has 2 unspecified atom stereocenters. The standard InChI is InChI=1S/C22H28N2O/c1-2-22(25)24(20-13-7-4-8-14-20)21(19-12-9-15-23-17-19)16-18-10-5-3-6-11-18/h3-8,10-11,13-14,19,21,23H,2,9,12,15-17H2,1H3. The van der Waals surface area contributed by atoms with Gasteiger partial charge in [0.2, 0.25) is 5.91 Å². The van der Waals surface area contributed by atoms with E-state index in [0.29, 0.717) is 12.3 Å². The lowest BCUT2D eigenvalue weighted by Gasteiger charge is -2.39. The Morgan fingerprint density at radius 2 is 1.80 bits per heavy atom. The number of para-hydroxylation sites is 1. The van der Waals surface area contributed by atoms with Gasteiger partial charge in [-0.05, 0) is 56.0 Å². The largest absolute Gasteiger partial charge is 0.316 e. The smallest absolute Gasteiger partial charge is 0.226 e. The summed E-state index contributed by atoms with van der Waals surface area (Å²) in [5.41, 5.74) is 2.31. The molecule has 0 aliphatic carbocycles. The number of benzene rings is 2. The number of nitrogens with one attached hydrogen (secondary N) is 1. The molecule has 1 heterocycles. The summed E-state index contributed by atoms with van der Waals surface area (Å²) in [5, 5.41) is 3.53. The van der Waals surface area contributed by atoms with Crippen molar-refractivity contribution in [1.29, 1.82) is 0 Å². The molecule has 0 spiro atoms. The van der Waals surface area contributed by atoms with Crippen molar-refractivity contribution in [2.75, 3.05) is 18.0 Å². The van der Waals surface area contributed by atoms with Crippen LogP contribution < -0.4 is 10.2 Å². The number of rotatable bonds is 6. The van der Waals surface area contributed by atoms with Crippen LogP contribution in [-0.4, -0.2) is 25.0 Å². The fraction of sp³-hybridized carbons (Fsp3) is 0.409. The van der Waals surface area contributed by atoms with Gasteiger partial charge in [-0.25, -0.2) is 0 Å². The molecular formula is C22H28N2O. The Hall–Kier alpha value is -2.13. The van der Waals surface area contributed by atoms with Crippen LogP contribution in [0, 0.1) is 5.92 Å². The van der Waals surface area contributed by atoms with Gasteiger partial charge in [0.25, 0.3) is 0 Å². The number of carbonyl (C=O) groups is 1. The van der Waals surface area contributed by atoms with E-state index in [1.54, 1.807) is 0 Å². The summed E-state index contributed by atoms with van der Waals surface area (Å²) in [6.07, 6.45) is 3.78. The van der Waals surface area contributed by atoms with Gasteiger partial charge in [0.15, 0.2) is 0 Å². The number of hydrogen-bond acceptors (Lipinski definition) is 2. The fourth-order valence-corrected chi connectivity index (χ4v) is 3.81. The molecule has 3 rings (SSSR count). The normalized spacial score (nSPS) is 18.5. The molecule has 3 nitrogen and oxygen atoms in total. The Kier molecular flexibility index (Phi) is 6.24. The summed E-state index contributed by atoms with van der Waals surface area (Å²) in [6, 6.07) is 20.9. The zero-order valence-corrected chi connectivity index (χ0v) is 15.0. The van der Waals surface area contributed by atoms with Crippen LogP contribution in [0.4, 0.5) is 5.69 Å². The van der Waals surface area contributed by atoms with Crippen LogP contribution in [0.1, 0.15) is 31.7 Å². The predicted octanol–water partition coefficient (Wildman–Crippen LogP) is 4.04. The van der Waals surface area contributed by atoms with Crippen LogP contribution in [0.15, 0.2) is 60.7 Å². The topological polar surface area (TPSA) is 32.3 Å². The van der Waals surface area contributed by atoms with E-state index in [2.05, 4.69) is 46.6 Å². The maximum absolute atomic E-state index is 12.9. The van der Waals surface area contributed by atoms with Crippen molar-refractivity contribution in [1.82, 2.24) is 5.32 Å². The number of nitrogens with zero attached hydrogens (tertiary/aromatic N) is 1. The van der Waals surface area contributed by atoms with E-state index >= 15 is 0 Å². The van der Waals surface area contributed by atoms with Gasteiger partial charge < -0.3 is 10.2 Å². The quantitative estimate of drug-likeness (QED) is 0.863. The third-order valence-corrected chi connectivity index (χ3v) is 5.10. The lowest BCUT2D eigenvalue weighted by molar-refractivity contribution is -0.119. The highest BCUT2D eigenvalue weighted by Gasteiger charge is 2.32. The third kappa shape index (κ3) is 4.49. The first-order valence-electron chi connectivity index (χ1n) is 9.41. The van der Waals surface area contributed by atoms with E-state index in [0.717, 1.165) is 25.2 Å². The Labute approximate surface area is 151 Å². The van der Waals surface area contributed by atoms with E-state index in [1.807, 2.05) is 31.2 Å². The number of amides is 1. The first-order chi connectivity index (χ1) is 12.3. The van der Waals surface area contributed by atoms with Gasteiger partial charge in [0, 0.05) is 18.2 Å². The molecule has 1 aliphatic rings. The van der Waals surface area contributed by atoms with Crippen LogP contribution in [-0.2, 0) is 11.2 Å². The number of hydrogen-bond donors (Lipinski definition) is 1. The summed E-state index contributed by atoms with van der Waals surface area (Å²) in [6.45, 7) is 4.02. The molecule has 3 heteroatoms. The van der Waals surface area contributed by atoms with Gasteiger partial charge in [-0.3, -0.25) is 4.79 Å². The van der Waals surface area contributed by atoms with Crippen molar-refractivity contribution in [2.45, 2.75) is 38.6 Å². The highest BCUT2D eigenvalue weighted by Crippen LogP contribution is 2.28. The molecule has 132 valence electrons. The van der Waals surface area contributed by atoms with Gasteiger partial charge in [-0.1, -0.05) is 55.5 Å². The maximum atomic E-state index is 12.9. The molecule has 0 aromatic heterocycles. The van der Waals surface area contributed by atoms with Gasteiger partial charge in [-0.2, -0.15) is 0 Å². The van der Waals surface area contributed by atoms with Crippen molar-refractivity contribution >= 4 is 11.6 Å². The van der Waals surface area contributed by atoms with Crippen molar-refractivity contribution in [3.8, 4) is 0 Å². The van der Waals surface area contributed by atoms with Gasteiger partial charge >= 0.3 is 0 Å². The van der Waals surface area contributed by atoms with Crippen LogP contribution in [0.25, 0.3) is 0 Å². The Morgan fingerprint density at radius 1 is 1.12 bits per heavy atom. The third-order valence-electron chi connectivity index (χ3n) is 5.10. The molecule has 2 aromatic carbocycles. The van der Waals surface area contributed by atoms with Gasteiger partial charge in [0.05, 0.1) is 0 Å². The van der Waals surface area contributed by atoms with Gasteiger partial charge in [-0.15, -0.1) is 0 Å². The number of carbonyl (C=O) groups excluding carboxylic acids is 1.